The molecule has 4 aromatic rings. The van der Waals surface area contributed by atoms with E-state index in [1.54, 1.807) is 0 Å². The number of imidazole rings is 1. The van der Waals surface area contributed by atoms with Gasteiger partial charge in [0.05, 0.1) is 17.8 Å². The first-order valence-corrected chi connectivity index (χ1v) is 11.5. The van der Waals surface area contributed by atoms with Gasteiger partial charge in [-0.05, 0) is 48.5 Å². The van der Waals surface area contributed by atoms with Gasteiger partial charge in [0.25, 0.3) is 0 Å². The van der Waals surface area contributed by atoms with Gasteiger partial charge in [0.2, 0.25) is 0 Å². The number of carboxylic acids is 1. The summed E-state index contributed by atoms with van der Waals surface area (Å²) in [6.45, 7) is 0.294. The van der Waals surface area contributed by atoms with E-state index in [0.717, 1.165) is 37.0 Å². The Morgan fingerprint density at radius 1 is 0.839 bits per heavy atom. The molecule has 0 aliphatic rings. The van der Waals surface area contributed by atoms with Gasteiger partial charge in [-0.15, -0.1) is 0 Å². The molecule has 0 aliphatic heterocycles. The van der Waals surface area contributed by atoms with Crippen LogP contribution in [0.3, 0.4) is 0 Å². The molecule has 1 heterocycles. The molecule has 0 spiro atoms. The Balaban J connectivity index is 1.99. The van der Waals surface area contributed by atoms with E-state index in [9.17, 15) is 9.90 Å². The van der Waals surface area contributed by atoms with Crippen molar-refractivity contribution < 1.29 is 9.90 Å². The first-order valence-electron chi connectivity index (χ1n) is 9.52. The highest BCUT2D eigenvalue weighted by Crippen LogP contribution is 2.37. The lowest BCUT2D eigenvalue weighted by Gasteiger charge is -2.13. The third-order valence-corrected chi connectivity index (χ3v) is 6.16. The van der Waals surface area contributed by atoms with Crippen LogP contribution in [0.2, 0.25) is 5.02 Å². The number of carbonyl (C=O) groups is 1. The molecule has 4 nitrogen and oxygen atoms in total. The van der Waals surface area contributed by atoms with Crippen molar-refractivity contribution in [1.82, 2.24) is 9.55 Å². The Morgan fingerprint density at radius 3 is 1.90 bits per heavy atom. The molecule has 156 valence electrons. The average Bonchev–Trinajstić information content (AvgIpc) is 3.13. The third kappa shape index (κ3) is 4.92. The van der Waals surface area contributed by atoms with Crippen LogP contribution in [0, 0.1) is 0 Å². The number of aliphatic carboxylic acids is 1. The Bertz CT molecular complexity index is 1220. The second-order valence-corrected chi connectivity index (χ2v) is 9.22. The van der Waals surface area contributed by atoms with Crippen LogP contribution < -0.4 is 0 Å². The Hall–Kier alpha value is -2.41. The Morgan fingerprint density at radius 2 is 1.35 bits per heavy atom. The molecule has 0 bridgehead atoms. The fourth-order valence-corrected chi connectivity index (χ4v) is 4.06. The third-order valence-electron chi connectivity index (χ3n) is 4.85. The van der Waals surface area contributed by atoms with Crippen LogP contribution in [0.4, 0.5) is 0 Å². The molecular formula is C24H17Br2ClN2O2. The zero-order valence-electron chi connectivity index (χ0n) is 16.2. The summed E-state index contributed by atoms with van der Waals surface area (Å²) in [5, 5.41) is 10.00. The summed E-state index contributed by atoms with van der Waals surface area (Å²) in [6.07, 6.45) is -0.0136. The molecule has 0 radical (unpaired) electrons. The second-order valence-electron chi connectivity index (χ2n) is 6.95. The van der Waals surface area contributed by atoms with Gasteiger partial charge in [-0.3, -0.25) is 4.79 Å². The lowest BCUT2D eigenvalue weighted by molar-refractivity contribution is -0.137. The van der Waals surface area contributed by atoms with Gasteiger partial charge < -0.3 is 9.67 Å². The second kappa shape index (κ2) is 9.39. The summed E-state index contributed by atoms with van der Waals surface area (Å²) < 4.78 is 3.93. The van der Waals surface area contributed by atoms with E-state index in [0.29, 0.717) is 17.4 Å². The van der Waals surface area contributed by atoms with Gasteiger partial charge in [0.15, 0.2) is 0 Å². The molecule has 1 N–H and O–H groups in total. The zero-order chi connectivity index (χ0) is 22.0. The van der Waals surface area contributed by atoms with Gasteiger partial charge in [-0.1, -0.05) is 67.7 Å². The molecule has 0 saturated heterocycles. The van der Waals surface area contributed by atoms with Crippen molar-refractivity contribution in [2.45, 2.75) is 13.0 Å². The van der Waals surface area contributed by atoms with Crippen LogP contribution in [0.25, 0.3) is 33.9 Å². The standard InChI is InChI=1S/C24H17Br2ClN2O2/c25-18-7-1-15(2-8-18)22-23(16-3-9-19(26)10-4-16)29(14-13-21(30)31)24(28-22)17-5-11-20(27)12-6-17/h1-12H,13-14H2,(H,30,31). The quantitative estimate of drug-likeness (QED) is 0.265. The number of hydrogen-bond acceptors (Lipinski definition) is 2. The van der Waals surface area contributed by atoms with E-state index < -0.39 is 5.97 Å². The van der Waals surface area contributed by atoms with Crippen molar-refractivity contribution in [3.05, 3.63) is 86.8 Å². The molecule has 0 saturated carbocycles. The summed E-state index contributed by atoms with van der Waals surface area (Å²) in [5.74, 6) is -0.156. The highest BCUT2D eigenvalue weighted by molar-refractivity contribution is 9.10. The number of benzene rings is 3. The van der Waals surface area contributed by atoms with Crippen molar-refractivity contribution >= 4 is 49.4 Å². The van der Waals surface area contributed by atoms with Crippen LogP contribution in [0.5, 0.6) is 0 Å². The predicted molar refractivity (Wildman–Crippen MR) is 131 cm³/mol. The molecule has 31 heavy (non-hydrogen) atoms. The molecule has 1 aromatic heterocycles. The van der Waals surface area contributed by atoms with Crippen LogP contribution >= 0.6 is 43.5 Å². The monoisotopic (exact) mass is 558 g/mol. The van der Waals surface area contributed by atoms with Crippen molar-refractivity contribution in [2.75, 3.05) is 0 Å². The normalized spacial score (nSPS) is 10.9. The number of hydrogen-bond donors (Lipinski definition) is 1. The summed E-state index contributed by atoms with van der Waals surface area (Å²) in [4.78, 5) is 16.4. The largest absolute Gasteiger partial charge is 0.481 e. The maximum Gasteiger partial charge on any atom is 0.305 e. The fourth-order valence-electron chi connectivity index (χ4n) is 3.41. The average molecular weight is 561 g/mol. The minimum absolute atomic E-state index is 0.0136. The van der Waals surface area contributed by atoms with Crippen molar-refractivity contribution in [2.24, 2.45) is 0 Å². The summed E-state index contributed by atoms with van der Waals surface area (Å²) in [5.41, 5.74) is 4.45. The maximum atomic E-state index is 11.4. The summed E-state index contributed by atoms with van der Waals surface area (Å²) in [6, 6.07) is 23.3. The van der Waals surface area contributed by atoms with Crippen LogP contribution in [-0.2, 0) is 11.3 Å². The topological polar surface area (TPSA) is 55.1 Å². The number of aromatic nitrogens is 2. The first kappa shape index (κ1) is 21.8. The highest BCUT2D eigenvalue weighted by atomic mass is 79.9. The Kier molecular flexibility index (Phi) is 6.60. The first-order chi connectivity index (χ1) is 14.9. The number of carboxylic acid groups (broad SMARTS) is 1. The van der Waals surface area contributed by atoms with Crippen molar-refractivity contribution in [3.8, 4) is 33.9 Å². The molecule has 7 heteroatoms. The van der Waals surface area contributed by atoms with Gasteiger partial charge in [-0.25, -0.2) is 4.98 Å². The van der Waals surface area contributed by atoms with Crippen LogP contribution in [0.15, 0.2) is 81.7 Å². The number of nitrogens with zero attached hydrogens (tertiary/aromatic N) is 2. The molecular weight excluding hydrogens is 544 g/mol. The fraction of sp³-hybridized carbons (Fsp3) is 0.0833. The molecule has 0 aliphatic carbocycles. The minimum Gasteiger partial charge on any atom is -0.481 e. The van der Waals surface area contributed by atoms with E-state index >= 15 is 0 Å². The van der Waals surface area contributed by atoms with E-state index in [-0.39, 0.29) is 6.42 Å². The molecule has 0 amide bonds. The van der Waals surface area contributed by atoms with Crippen LogP contribution in [0.1, 0.15) is 6.42 Å². The van der Waals surface area contributed by atoms with E-state index in [1.807, 2.05) is 77.4 Å². The van der Waals surface area contributed by atoms with E-state index in [1.165, 1.54) is 0 Å². The molecule has 0 atom stereocenters. The lowest BCUT2D eigenvalue weighted by Crippen LogP contribution is -2.07. The number of halogens is 3. The maximum absolute atomic E-state index is 11.4. The minimum atomic E-state index is -0.859. The van der Waals surface area contributed by atoms with Gasteiger partial charge in [-0.2, -0.15) is 0 Å². The Labute approximate surface area is 201 Å². The number of rotatable bonds is 6. The van der Waals surface area contributed by atoms with Crippen molar-refractivity contribution in [1.29, 1.82) is 0 Å². The predicted octanol–water partition coefficient (Wildman–Crippen LogP) is 7.54. The van der Waals surface area contributed by atoms with E-state index in [2.05, 4.69) is 31.9 Å². The van der Waals surface area contributed by atoms with Gasteiger partial charge >= 0.3 is 5.97 Å². The van der Waals surface area contributed by atoms with Crippen molar-refractivity contribution in [3.63, 3.8) is 0 Å². The smallest absolute Gasteiger partial charge is 0.305 e. The van der Waals surface area contributed by atoms with Gasteiger partial charge in [0, 0.05) is 37.2 Å². The highest BCUT2D eigenvalue weighted by Gasteiger charge is 2.21. The molecule has 4 rings (SSSR count). The van der Waals surface area contributed by atoms with Crippen LogP contribution in [-0.4, -0.2) is 20.6 Å². The summed E-state index contributed by atoms with van der Waals surface area (Å²) in [7, 11) is 0. The zero-order valence-corrected chi connectivity index (χ0v) is 20.2. The SMILES string of the molecule is O=C(O)CCn1c(-c2ccc(Cl)cc2)nc(-c2ccc(Br)cc2)c1-c1ccc(Br)cc1. The summed E-state index contributed by atoms with van der Waals surface area (Å²) >= 11 is 13.1. The van der Waals surface area contributed by atoms with E-state index in [4.69, 9.17) is 16.6 Å². The molecule has 0 fully saturated rings. The van der Waals surface area contributed by atoms with Gasteiger partial charge in [0.1, 0.15) is 5.82 Å². The molecule has 3 aromatic carbocycles. The molecule has 0 unspecified atom stereocenters. The lowest BCUT2D eigenvalue weighted by atomic mass is 10.0.